The first-order valence-corrected chi connectivity index (χ1v) is 21.8. The van der Waals surface area contributed by atoms with Gasteiger partial charge in [-0.15, -0.1) is 0 Å². The quantitative estimate of drug-likeness (QED) is 0.0446. The fourth-order valence-electron chi connectivity index (χ4n) is 4.06. The van der Waals surface area contributed by atoms with Crippen molar-refractivity contribution in [2.24, 2.45) is 0 Å². The third-order valence-corrected chi connectivity index (χ3v) is 7.86. The minimum atomic E-state index is -2.04. The summed E-state index contributed by atoms with van der Waals surface area (Å²) in [6, 6.07) is 0. The topological polar surface area (TPSA) is 203 Å². The van der Waals surface area contributed by atoms with Gasteiger partial charge in [-0.3, -0.25) is 0 Å². The third-order valence-electron chi connectivity index (χ3n) is 7.86. The van der Waals surface area contributed by atoms with Crippen LogP contribution < -0.4 is 15.3 Å². The Morgan fingerprint density at radius 3 is 0.466 bits per heavy atom. The van der Waals surface area contributed by atoms with Gasteiger partial charge in [-0.1, -0.05) is 120 Å². The summed E-state index contributed by atoms with van der Waals surface area (Å²) < 4.78 is 47.9. The molecule has 16 heteroatoms. The second-order valence-electron chi connectivity index (χ2n) is 13.3. The summed E-state index contributed by atoms with van der Waals surface area (Å²) >= 11 is 0. The van der Waals surface area contributed by atoms with E-state index in [2.05, 4.69) is 0 Å². The van der Waals surface area contributed by atoms with Crippen LogP contribution in [0.4, 0.5) is 0 Å². The number of rotatable bonds is 39. The predicted molar refractivity (Wildman–Crippen MR) is 217 cm³/mol. The molecule has 0 amide bonds. The molecule has 0 heterocycles. The largest absolute Gasteiger partial charge is 3.00 e. The monoisotopic (exact) mass is 853 g/mol. The van der Waals surface area contributed by atoms with Gasteiger partial charge in [0.2, 0.25) is 0 Å². The van der Waals surface area contributed by atoms with Gasteiger partial charge in [-0.2, -0.15) is 0 Å². The van der Waals surface area contributed by atoms with Crippen LogP contribution in [0.25, 0.3) is 0 Å². The molecule has 0 aliphatic heterocycles. The summed E-state index contributed by atoms with van der Waals surface area (Å²) in [4.78, 5) is 34.0. The number of unbranched alkanes of at least 4 members (excludes halogenated alkanes) is 9. The average Bonchev–Trinajstić information content (AvgIpc) is 3.18. The Morgan fingerprint density at radius 1 is 0.293 bits per heavy atom. The maximum atomic E-state index is 11.3. The molecule has 0 bridgehead atoms. The van der Waals surface area contributed by atoms with Crippen LogP contribution in [0.1, 0.15) is 178 Å². The normalized spacial score (nSPS) is 11.5. The van der Waals surface area contributed by atoms with Gasteiger partial charge < -0.3 is 72.3 Å². The van der Waals surface area contributed by atoms with Gasteiger partial charge >= 0.3 is 35.3 Å². The minimum absolute atomic E-state index is 0. The number of carboxylic acids is 3. The van der Waals surface area contributed by atoms with Crippen molar-refractivity contribution in [1.29, 1.82) is 0 Å². The Kier molecular flexibility index (Phi) is 47.6. The van der Waals surface area contributed by atoms with E-state index in [1.54, 1.807) is 0 Å². The standard InChI is InChI=1S/3C14H28O5.Al/c3*1-4-7-10-17-14(13(15)16,18-11-8-5-2)19-12-9-6-3;/h3*4-12H2,1-3H3,(H,15,16);/q;;;+3/p-3. The number of aliphatic carboxylic acids is 3. The number of carboxylic acid groups (broad SMARTS) is 3. The first kappa shape index (κ1) is 63.2. The van der Waals surface area contributed by atoms with Crippen LogP contribution in [-0.4, -0.2) is 113 Å². The second-order valence-corrected chi connectivity index (χ2v) is 13.3. The first-order chi connectivity index (χ1) is 27.4. The molecule has 0 saturated carbocycles. The summed E-state index contributed by atoms with van der Waals surface area (Å²) in [6.45, 7) is 20.5. The van der Waals surface area contributed by atoms with Crippen LogP contribution in [0.2, 0.25) is 0 Å². The molecule has 0 atom stereocenters. The smallest absolute Gasteiger partial charge is 0.542 e. The van der Waals surface area contributed by atoms with Gasteiger partial charge in [0.05, 0.1) is 59.5 Å². The van der Waals surface area contributed by atoms with Gasteiger partial charge in [0.25, 0.3) is 0 Å². The van der Waals surface area contributed by atoms with Gasteiger partial charge in [-0.25, -0.2) is 0 Å². The SMILES string of the molecule is CCCCOC(OCCCC)(OCCCC)C(=O)[O-].CCCCOC(OCCCC)(OCCCC)C(=O)[O-].CCCCOC(OCCCC)(OCCCC)C(=O)[O-].[Al+3]. The molecule has 0 N–H and O–H groups in total. The predicted octanol–water partition coefficient (Wildman–Crippen LogP) is 5.14. The summed E-state index contributed by atoms with van der Waals surface area (Å²) in [7, 11) is 0. The molecule has 0 aromatic carbocycles. The van der Waals surface area contributed by atoms with E-state index in [1.807, 2.05) is 62.3 Å². The Hall–Kier alpha value is -1.42. The molecule has 0 radical (unpaired) electrons. The minimum Gasteiger partial charge on any atom is -0.542 e. The number of ether oxygens (including phenoxy) is 9. The van der Waals surface area contributed by atoms with E-state index in [9.17, 15) is 29.7 Å². The Bertz CT molecular complexity index is 731. The molecule has 0 rings (SSSR count). The van der Waals surface area contributed by atoms with Gasteiger partial charge in [0, 0.05) is 0 Å². The van der Waals surface area contributed by atoms with Crippen molar-refractivity contribution < 1.29 is 72.3 Å². The summed E-state index contributed by atoms with van der Waals surface area (Å²) in [5, 5.41) is 34.0. The molecule has 0 aromatic heterocycles. The number of hydrogen-bond acceptors (Lipinski definition) is 15. The zero-order valence-corrected chi connectivity index (χ0v) is 38.9. The third kappa shape index (κ3) is 31.5. The molecule has 0 aliphatic rings. The van der Waals surface area contributed by atoms with Gasteiger partial charge in [-0.05, 0) is 57.8 Å². The van der Waals surface area contributed by atoms with E-state index in [-0.39, 0.29) is 76.8 Å². The first-order valence-electron chi connectivity index (χ1n) is 21.8. The van der Waals surface area contributed by atoms with Gasteiger partial charge in [0.1, 0.15) is 17.9 Å². The van der Waals surface area contributed by atoms with E-state index in [0.29, 0.717) is 0 Å². The molecule has 0 fully saturated rings. The van der Waals surface area contributed by atoms with Crippen LogP contribution in [-0.2, 0) is 57.0 Å². The van der Waals surface area contributed by atoms with Crippen LogP contribution >= 0.6 is 0 Å². The second kappa shape index (κ2) is 43.7. The molecule has 0 saturated heterocycles. The van der Waals surface area contributed by atoms with Crippen molar-refractivity contribution in [3.63, 3.8) is 0 Å². The van der Waals surface area contributed by atoms with E-state index < -0.39 is 35.8 Å². The van der Waals surface area contributed by atoms with Crippen molar-refractivity contribution >= 4 is 35.3 Å². The maximum Gasteiger partial charge on any atom is 3.00 e. The molecular formula is C42H81AlO15. The Morgan fingerprint density at radius 2 is 0.397 bits per heavy atom. The zero-order valence-electron chi connectivity index (χ0n) is 37.8. The Balaban J connectivity index is -0.000000374. The molecule has 0 aromatic rings. The van der Waals surface area contributed by atoms with Crippen LogP contribution in [0, 0.1) is 0 Å². The summed E-state index contributed by atoms with van der Waals surface area (Å²) in [6.07, 6.45) is 15.0. The van der Waals surface area contributed by atoms with Crippen LogP contribution in [0.3, 0.4) is 0 Å². The van der Waals surface area contributed by atoms with E-state index >= 15 is 0 Å². The average molecular weight is 853 g/mol. The van der Waals surface area contributed by atoms with E-state index in [4.69, 9.17) is 42.6 Å². The molecule has 58 heavy (non-hydrogen) atoms. The van der Waals surface area contributed by atoms with Crippen molar-refractivity contribution in [1.82, 2.24) is 0 Å². The molecule has 15 nitrogen and oxygen atoms in total. The summed E-state index contributed by atoms with van der Waals surface area (Å²) in [5.74, 6) is -10.5. The molecule has 0 unspecified atom stereocenters. The Labute approximate surface area is 361 Å². The number of carbonyl (C=O) groups excluding carboxylic acids is 3. The maximum absolute atomic E-state index is 11.3. The van der Waals surface area contributed by atoms with E-state index in [0.717, 1.165) is 116 Å². The number of hydrogen-bond donors (Lipinski definition) is 0. The molecular weight excluding hydrogens is 771 g/mol. The van der Waals surface area contributed by atoms with Crippen molar-refractivity contribution in [2.75, 3.05) is 59.5 Å². The van der Waals surface area contributed by atoms with Crippen molar-refractivity contribution in [2.45, 2.75) is 196 Å². The van der Waals surface area contributed by atoms with Gasteiger partial charge in [0.15, 0.2) is 0 Å². The van der Waals surface area contributed by atoms with E-state index in [1.165, 1.54) is 0 Å². The fourth-order valence-corrected chi connectivity index (χ4v) is 4.06. The fraction of sp³-hybridized carbons (Fsp3) is 0.929. The van der Waals surface area contributed by atoms with Crippen molar-refractivity contribution in [3.05, 3.63) is 0 Å². The molecule has 342 valence electrons. The molecule has 0 aliphatic carbocycles. The van der Waals surface area contributed by atoms with Crippen LogP contribution in [0.15, 0.2) is 0 Å². The number of carbonyl (C=O) groups is 3. The van der Waals surface area contributed by atoms with Crippen LogP contribution in [0.5, 0.6) is 0 Å². The molecule has 0 spiro atoms. The zero-order chi connectivity index (χ0) is 43.7. The summed E-state index contributed by atoms with van der Waals surface area (Å²) in [5.41, 5.74) is 0. The van der Waals surface area contributed by atoms with Crippen molar-refractivity contribution in [3.8, 4) is 0 Å².